The lowest BCUT2D eigenvalue weighted by Crippen LogP contribution is -2.36. The van der Waals surface area contributed by atoms with Gasteiger partial charge in [0.05, 0.1) is 18.8 Å². The van der Waals surface area contributed by atoms with E-state index in [-0.39, 0.29) is 11.8 Å². The molecular weight excluding hydrogens is 344 g/mol. The zero-order valence-corrected chi connectivity index (χ0v) is 15.3. The topological polar surface area (TPSA) is 74.8 Å². The van der Waals surface area contributed by atoms with Crippen LogP contribution in [0, 0.1) is 0 Å². The summed E-state index contributed by atoms with van der Waals surface area (Å²) < 4.78 is 5.35. The van der Waals surface area contributed by atoms with Gasteiger partial charge in [0, 0.05) is 44.1 Å². The molecule has 3 heterocycles. The second kappa shape index (κ2) is 7.36. The first-order valence-corrected chi connectivity index (χ1v) is 9.13. The number of carbonyl (C=O) groups excluding carboxylic acids is 2. The average molecular weight is 366 g/mol. The molecule has 1 saturated heterocycles. The molecular formula is C20H22N4O3. The number of nitrogens with zero attached hydrogens (tertiary/aromatic N) is 3. The van der Waals surface area contributed by atoms with Crippen LogP contribution in [0.2, 0.25) is 0 Å². The number of nitrogens with one attached hydrogen (secondary N) is 1. The van der Waals surface area contributed by atoms with Crippen LogP contribution in [0.1, 0.15) is 22.8 Å². The van der Waals surface area contributed by atoms with Crippen LogP contribution in [0.5, 0.6) is 0 Å². The minimum absolute atomic E-state index is 0.0389. The Bertz CT molecular complexity index is 860. The molecule has 7 nitrogen and oxygen atoms in total. The molecule has 1 fully saturated rings. The number of hydrogen-bond acceptors (Lipinski definition) is 5. The van der Waals surface area contributed by atoms with Gasteiger partial charge in [0.1, 0.15) is 5.82 Å². The Kier molecular flexibility index (Phi) is 4.77. The predicted octanol–water partition coefficient (Wildman–Crippen LogP) is 2.08. The Hall–Kier alpha value is -2.93. The SMILES string of the molecule is CC(=O)N1CCc2cc(NC(=O)c3ccc(N4CCOCC4)nc3)ccc21. The first kappa shape index (κ1) is 17.5. The molecule has 0 atom stereocenters. The normalized spacial score (nSPS) is 16.2. The molecule has 1 aromatic heterocycles. The van der Waals surface area contributed by atoms with Crippen LogP contribution in [0.25, 0.3) is 0 Å². The van der Waals surface area contributed by atoms with Gasteiger partial charge >= 0.3 is 0 Å². The fourth-order valence-electron chi connectivity index (χ4n) is 3.51. The van der Waals surface area contributed by atoms with Crippen molar-refractivity contribution in [1.29, 1.82) is 0 Å². The first-order valence-electron chi connectivity index (χ1n) is 9.13. The molecule has 1 N–H and O–H groups in total. The maximum atomic E-state index is 12.5. The minimum Gasteiger partial charge on any atom is -0.378 e. The zero-order chi connectivity index (χ0) is 18.8. The van der Waals surface area contributed by atoms with Crippen LogP contribution in [0.3, 0.4) is 0 Å². The summed E-state index contributed by atoms with van der Waals surface area (Å²) in [5, 5.41) is 2.92. The lowest BCUT2D eigenvalue weighted by atomic mass is 10.1. The molecule has 0 bridgehead atoms. The Morgan fingerprint density at radius 3 is 2.63 bits per heavy atom. The maximum absolute atomic E-state index is 12.5. The van der Waals surface area contributed by atoms with E-state index in [1.165, 1.54) is 0 Å². The molecule has 2 aromatic rings. The van der Waals surface area contributed by atoms with Crippen LogP contribution in [0.4, 0.5) is 17.2 Å². The highest BCUT2D eigenvalue weighted by Crippen LogP contribution is 2.30. The molecule has 27 heavy (non-hydrogen) atoms. The van der Waals surface area contributed by atoms with E-state index in [2.05, 4.69) is 15.2 Å². The van der Waals surface area contributed by atoms with E-state index < -0.39 is 0 Å². The predicted molar refractivity (Wildman–Crippen MR) is 103 cm³/mol. The second-order valence-corrected chi connectivity index (χ2v) is 6.72. The summed E-state index contributed by atoms with van der Waals surface area (Å²) in [5.41, 5.74) is 3.24. The van der Waals surface area contributed by atoms with Gasteiger partial charge in [-0.3, -0.25) is 9.59 Å². The molecule has 0 aliphatic carbocycles. The third kappa shape index (κ3) is 3.64. The molecule has 2 aliphatic rings. The number of amides is 2. The van der Waals surface area contributed by atoms with Crippen molar-refractivity contribution >= 4 is 29.0 Å². The van der Waals surface area contributed by atoms with Gasteiger partial charge in [-0.2, -0.15) is 0 Å². The van der Waals surface area contributed by atoms with E-state index in [0.29, 0.717) is 25.3 Å². The van der Waals surface area contributed by atoms with Crippen LogP contribution in [-0.2, 0) is 16.0 Å². The number of benzene rings is 1. The van der Waals surface area contributed by atoms with Gasteiger partial charge < -0.3 is 19.9 Å². The van der Waals surface area contributed by atoms with Crippen molar-refractivity contribution < 1.29 is 14.3 Å². The number of ether oxygens (including phenoxy) is 1. The summed E-state index contributed by atoms with van der Waals surface area (Å²) in [6, 6.07) is 9.31. The van der Waals surface area contributed by atoms with Crippen molar-refractivity contribution in [2.45, 2.75) is 13.3 Å². The molecule has 0 unspecified atom stereocenters. The van der Waals surface area contributed by atoms with Crippen molar-refractivity contribution in [3.05, 3.63) is 47.7 Å². The van der Waals surface area contributed by atoms with E-state index in [0.717, 1.165) is 42.3 Å². The van der Waals surface area contributed by atoms with Crippen molar-refractivity contribution in [1.82, 2.24) is 4.98 Å². The van der Waals surface area contributed by atoms with Gasteiger partial charge in [-0.15, -0.1) is 0 Å². The molecule has 4 rings (SSSR count). The number of aromatic nitrogens is 1. The summed E-state index contributed by atoms with van der Waals surface area (Å²) in [6.07, 6.45) is 2.40. The first-order chi connectivity index (χ1) is 13.1. The van der Waals surface area contributed by atoms with Gasteiger partial charge in [0.15, 0.2) is 0 Å². The van der Waals surface area contributed by atoms with Gasteiger partial charge in [0.2, 0.25) is 5.91 Å². The number of hydrogen-bond donors (Lipinski definition) is 1. The van der Waals surface area contributed by atoms with Crippen LogP contribution < -0.4 is 15.1 Å². The second-order valence-electron chi connectivity index (χ2n) is 6.72. The maximum Gasteiger partial charge on any atom is 0.257 e. The molecule has 0 saturated carbocycles. The highest BCUT2D eigenvalue weighted by Gasteiger charge is 2.22. The Labute approximate surface area is 157 Å². The molecule has 1 aromatic carbocycles. The minimum atomic E-state index is -0.197. The van der Waals surface area contributed by atoms with Crippen molar-refractivity contribution in [3.63, 3.8) is 0 Å². The lowest BCUT2D eigenvalue weighted by Gasteiger charge is -2.27. The Morgan fingerprint density at radius 1 is 1.11 bits per heavy atom. The van der Waals surface area contributed by atoms with E-state index in [1.54, 1.807) is 24.1 Å². The quantitative estimate of drug-likeness (QED) is 0.900. The molecule has 2 aliphatic heterocycles. The lowest BCUT2D eigenvalue weighted by molar-refractivity contribution is -0.116. The number of morpholine rings is 1. The summed E-state index contributed by atoms with van der Waals surface area (Å²) >= 11 is 0. The molecule has 140 valence electrons. The highest BCUT2D eigenvalue weighted by molar-refractivity contribution is 6.04. The molecule has 0 spiro atoms. The average Bonchev–Trinajstić information content (AvgIpc) is 3.12. The van der Waals surface area contributed by atoms with Crippen molar-refractivity contribution in [2.24, 2.45) is 0 Å². The Morgan fingerprint density at radius 2 is 1.93 bits per heavy atom. The number of fused-ring (bicyclic) bond motifs is 1. The zero-order valence-electron chi connectivity index (χ0n) is 15.3. The summed E-state index contributed by atoms with van der Waals surface area (Å²) in [5.74, 6) is 0.700. The number of pyridine rings is 1. The fourth-order valence-corrected chi connectivity index (χ4v) is 3.51. The van der Waals surface area contributed by atoms with Gasteiger partial charge in [0.25, 0.3) is 5.91 Å². The number of carbonyl (C=O) groups is 2. The molecule has 0 radical (unpaired) electrons. The van der Waals surface area contributed by atoms with Gasteiger partial charge in [-0.05, 0) is 42.3 Å². The smallest absolute Gasteiger partial charge is 0.257 e. The van der Waals surface area contributed by atoms with Crippen LogP contribution in [-0.4, -0.2) is 49.6 Å². The largest absolute Gasteiger partial charge is 0.378 e. The third-order valence-corrected chi connectivity index (χ3v) is 4.96. The third-order valence-electron chi connectivity index (χ3n) is 4.96. The summed E-state index contributed by atoms with van der Waals surface area (Å²) in [4.78, 5) is 32.5. The van der Waals surface area contributed by atoms with Gasteiger partial charge in [-0.25, -0.2) is 4.98 Å². The standard InChI is InChI=1S/C20H22N4O3/c1-14(25)24-7-6-15-12-17(3-4-18(15)24)22-20(26)16-2-5-19(21-13-16)23-8-10-27-11-9-23/h2-5,12-13H,6-11H2,1H3,(H,22,26). The van der Waals surface area contributed by atoms with Crippen molar-refractivity contribution in [3.8, 4) is 0 Å². The fraction of sp³-hybridized carbons (Fsp3) is 0.350. The summed E-state index contributed by atoms with van der Waals surface area (Å²) in [6.45, 7) is 5.27. The van der Waals surface area contributed by atoms with E-state index in [1.807, 2.05) is 24.3 Å². The monoisotopic (exact) mass is 366 g/mol. The van der Waals surface area contributed by atoms with Crippen molar-refractivity contribution in [2.75, 3.05) is 48.0 Å². The van der Waals surface area contributed by atoms with E-state index in [4.69, 9.17) is 4.74 Å². The number of rotatable bonds is 3. The summed E-state index contributed by atoms with van der Waals surface area (Å²) in [7, 11) is 0. The van der Waals surface area contributed by atoms with Crippen LogP contribution in [0.15, 0.2) is 36.5 Å². The van der Waals surface area contributed by atoms with Gasteiger partial charge in [-0.1, -0.05) is 0 Å². The van der Waals surface area contributed by atoms with Crippen LogP contribution >= 0.6 is 0 Å². The number of anilines is 3. The van der Waals surface area contributed by atoms with E-state index >= 15 is 0 Å². The highest BCUT2D eigenvalue weighted by atomic mass is 16.5. The Balaban J connectivity index is 1.44. The van der Waals surface area contributed by atoms with E-state index in [9.17, 15) is 9.59 Å². The molecule has 2 amide bonds. The molecule has 7 heteroatoms.